The fourth-order valence-electron chi connectivity index (χ4n) is 3.84. The molecular weight excluding hydrogens is 444 g/mol. The highest BCUT2D eigenvalue weighted by molar-refractivity contribution is 6.01. The Morgan fingerprint density at radius 2 is 1.86 bits per heavy atom. The van der Waals surface area contributed by atoms with Gasteiger partial charge in [-0.1, -0.05) is 31.4 Å². The third-order valence-electron chi connectivity index (χ3n) is 5.45. The van der Waals surface area contributed by atoms with Crippen LogP contribution in [0, 0.1) is 0 Å². The molecule has 2 aromatic carbocycles. The van der Waals surface area contributed by atoms with E-state index in [1.165, 1.54) is 30.6 Å². The predicted molar refractivity (Wildman–Crippen MR) is 134 cm³/mol. The summed E-state index contributed by atoms with van der Waals surface area (Å²) in [6.07, 6.45) is 4.31. The van der Waals surface area contributed by atoms with Gasteiger partial charge in [-0.25, -0.2) is 14.6 Å². The van der Waals surface area contributed by atoms with E-state index in [1.54, 1.807) is 15.6 Å². The molecule has 176 valence electrons. The number of aromatic nitrogens is 4. The third-order valence-corrected chi connectivity index (χ3v) is 5.45. The lowest BCUT2D eigenvalue weighted by Gasteiger charge is -2.20. The van der Waals surface area contributed by atoms with Crippen LogP contribution in [0.2, 0.25) is 0 Å². The molecule has 0 atom stereocenters. The summed E-state index contributed by atoms with van der Waals surface area (Å²) in [6.45, 7) is 7.43. The SMILES string of the molecule is C=CC(=O)Cc1cc(O)cc(-n2nc(CCN(C(=O)C=C)c3ccccc3)c3ncnc(N)c32)c1. The van der Waals surface area contributed by atoms with Crippen LogP contribution in [-0.4, -0.2) is 43.1 Å². The molecule has 2 heterocycles. The maximum absolute atomic E-state index is 12.5. The van der Waals surface area contributed by atoms with Crippen LogP contribution < -0.4 is 10.6 Å². The van der Waals surface area contributed by atoms with Gasteiger partial charge in [0.15, 0.2) is 11.6 Å². The summed E-state index contributed by atoms with van der Waals surface area (Å²) >= 11 is 0. The highest BCUT2D eigenvalue weighted by atomic mass is 16.3. The first kappa shape index (κ1) is 23.4. The van der Waals surface area contributed by atoms with E-state index in [4.69, 9.17) is 10.8 Å². The van der Waals surface area contributed by atoms with Gasteiger partial charge >= 0.3 is 0 Å². The van der Waals surface area contributed by atoms with Crippen molar-refractivity contribution in [3.63, 3.8) is 0 Å². The minimum Gasteiger partial charge on any atom is -0.508 e. The number of para-hydroxylation sites is 1. The second-order valence-corrected chi connectivity index (χ2v) is 7.80. The lowest BCUT2D eigenvalue weighted by atomic mass is 10.1. The smallest absolute Gasteiger partial charge is 0.250 e. The van der Waals surface area contributed by atoms with Crippen LogP contribution in [0.1, 0.15) is 11.3 Å². The standard InChI is InChI=1S/C26H24N6O3/c1-3-20(33)13-17-12-19(15-21(34)14-17)32-25-24(28-16-29-26(25)27)22(30-32)10-11-31(23(35)4-2)18-8-6-5-7-9-18/h3-9,12,14-16,34H,1-2,10-11,13H2,(H2,27,28,29). The van der Waals surface area contributed by atoms with Crippen molar-refractivity contribution in [2.24, 2.45) is 0 Å². The molecule has 0 unspecified atom stereocenters. The zero-order chi connectivity index (χ0) is 24.9. The van der Waals surface area contributed by atoms with Gasteiger partial charge in [-0.05, 0) is 42.0 Å². The van der Waals surface area contributed by atoms with Gasteiger partial charge in [0.25, 0.3) is 0 Å². The molecule has 0 radical (unpaired) electrons. The third kappa shape index (κ3) is 4.93. The number of anilines is 2. The zero-order valence-corrected chi connectivity index (χ0v) is 19.0. The molecule has 0 aliphatic rings. The molecule has 9 heteroatoms. The minimum absolute atomic E-state index is 0.0261. The van der Waals surface area contributed by atoms with Gasteiger partial charge in [0.2, 0.25) is 5.91 Å². The van der Waals surface area contributed by atoms with Gasteiger partial charge in [-0.2, -0.15) is 5.10 Å². The maximum Gasteiger partial charge on any atom is 0.250 e. The minimum atomic E-state index is -0.237. The molecule has 0 aliphatic carbocycles. The lowest BCUT2D eigenvalue weighted by molar-refractivity contribution is -0.114. The van der Waals surface area contributed by atoms with E-state index in [0.717, 1.165) is 5.69 Å². The Bertz CT molecular complexity index is 1430. The topological polar surface area (TPSA) is 127 Å². The number of fused-ring (bicyclic) bond motifs is 1. The van der Waals surface area contributed by atoms with Crippen molar-refractivity contribution in [3.05, 3.63) is 91.4 Å². The number of nitrogen functional groups attached to an aromatic ring is 1. The Labute approximate surface area is 201 Å². The summed E-state index contributed by atoms with van der Waals surface area (Å²) < 4.78 is 1.55. The summed E-state index contributed by atoms with van der Waals surface area (Å²) in [7, 11) is 0. The van der Waals surface area contributed by atoms with E-state index >= 15 is 0 Å². The van der Waals surface area contributed by atoms with Crippen LogP contribution in [0.25, 0.3) is 16.7 Å². The fourth-order valence-corrected chi connectivity index (χ4v) is 3.84. The van der Waals surface area contributed by atoms with Crippen LogP contribution in [0.3, 0.4) is 0 Å². The number of benzene rings is 2. The highest BCUT2D eigenvalue weighted by Crippen LogP contribution is 2.27. The van der Waals surface area contributed by atoms with Crippen molar-refractivity contribution in [2.75, 3.05) is 17.2 Å². The van der Waals surface area contributed by atoms with Gasteiger partial charge < -0.3 is 15.7 Å². The van der Waals surface area contributed by atoms with Crippen LogP contribution in [0.15, 0.2) is 80.2 Å². The van der Waals surface area contributed by atoms with Crippen molar-refractivity contribution in [3.8, 4) is 11.4 Å². The molecule has 0 saturated heterocycles. The quantitative estimate of drug-likeness (QED) is 0.361. The van der Waals surface area contributed by atoms with Crippen molar-refractivity contribution in [2.45, 2.75) is 12.8 Å². The van der Waals surface area contributed by atoms with E-state index in [9.17, 15) is 14.7 Å². The first-order chi connectivity index (χ1) is 16.9. The highest BCUT2D eigenvalue weighted by Gasteiger charge is 2.20. The van der Waals surface area contributed by atoms with Crippen LogP contribution in [-0.2, 0) is 22.4 Å². The van der Waals surface area contributed by atoms with E-state index in [-0.39, 0.29) is 29.7 Å². The molecule has 0 spiro atoms. The number of aromatic hydroxyl groups is 1. The Balaban J connectivity index is 1.75. The number of phenolic OH excluding ortho intramolecular Hbond substituents is 1. The largest absolute Gasteiger partial charge is 0.508 e. The molecular formula is C26H24N6O3. The lowest BCUT2D eigenvalue weighted by Crippen LogP contribution is -2.31. The summed E-state index contributed by atoms with van der Waals surface area (Å²) in [4.78, 5) is 34.5. The molecule has 1 amide bonds. The van der Waals surface area contributed by atoms with Crippen LogP contribution >= 0.6 is 0 Å². The molecule has 35 heavy (non-hydrogen) atoms. The van der Waals surface area contributed by atoms with Crippen molar-refractivity contribution in [1.82, 2.24) is 19.7 Å². The van der Waals surface area contributed by atoms with Crippen LogP contribution in [0.5, 0.6) is 5.75 Å². The molecule has 4 rings (SSSR count). The predicted octanol–water partition coefficient (Wildman–Crippen LogP) is 3.16. The van der Waals surface area contributed by atoms with Gasteiger partial charge in [0.05, 0.1) is 11.4 Å². The van der Waals surface area contributed by atoms with Crippen molar-refractivity contribution >= 4 is 34.2 Å². The van der Waals surface area contributed by atoms with Crippen molar-refractivity contribution in [1.29, 1.82) is 0 Å². The van der Waals surface area contributed by atoms with E-state index < -0.39 is 0 Å². The monoisotopic (exact) mass is 468 g/mol. The van der Waals surface area contributed by atoms with Crippen molar-refractivity contribution < 1.29 is 14.7 Å². The number of hydrogen-bond acceptors (Lipinski definition) is 7. The molecule has 0 fully saturated rings. The number of carbonyl (C=O) groups excluding carboxylic acids is 2. The number of amides is 1. The normalized spacial score (nSPS) is 10.7. The van der Waals surface area contributed by atoms with Gasteiger partial charge in [-0.15, -0.1) is 0 Å². The number of phenols is 1. The molecule has 0 aliphatic heterocycles. The number of allylic oxidation sites excluding steroid dienone is 1. The number of nitrogens with two attached hydrogens (primary N) is 1. The van der Waals surface area contributed by atoms with Gasteiger partial charge in [0, 0.05) is 31.1 Å². The Morgan fingerprint density at radius 3 is 2.57 bits per heavy atom. The van der Waals surface area contributed by atoms with E-state index in [2.05, 4.69) is 23.1 Å². The van der Waals surface area contributed by atoms with E-state index in [0.29, 0.717) is 40.9 Å². The molecule has 4 aromatic rings. The van der Waals surface area contributed by atoms with E-state index in [1.807, 2.05) is 30.3 Å². The Kier molecular flexibility index (Phi) is 6.68. The molecule has 2 aromatic heterocycles. The molecule has 3 N–H and O–H groups in total. The summed E-state index contributed by atoms with van der Waals surface area (Å²) in [5.74, 6) is -0.230. The summed E-state index contributed by atoms with van der Waals surface area (Å²) in [5.41, 5.74) is 9.61. The Hall–Kier alpha value is -4.79. The molecule has 0 bridgehead atoms. The summed E-state index contributed by atoms with van der Waals surface area (Å²) in [6, 6.07) is 14.0. The second kappa shape index (κ2) is 10.0. The van der Waals surface area contributed by atoms with Gasteiger partial charge in [0.1, 0.15) is 23.1 Å². The number of ketones is 1. The average Bonchev–Trinajstić information content (AvgIpc) is 3.24. The Morgan fingerprint density at radius 1 is 1.09 bits per heavy atom. The first-order valence-electron chi connectivity index (χ1n) is 10.9. The fraction of sp³-hybridized carbons (Fsp3) is 0.115. The first-order valence-corrected chi connectivity index (χ1v) is 10.9. The number of carbonyl (C=O) groups is 2. The van der Waals surface area contributed by atoms with Crippen LogP contribution in [0.4, 0.5) is 11.5 Å². The summed E-state index contributed by atoms with van der Waals surface area (Å²) in [5, 5.41) is 15.0. The molecule has 0 saturated carbocycles. The molecule has 9 nitrogen and oxygen atoms in total. The zero-order valence-electron chi connectivity index (χ0n) is 19.0. The number of hydrogen-bond donors (Lipinski definition) is 2. The average molecular weight is 469 g/mol. The number of nitrogens with zero attached hydrogens (tertiary/aromatic N) is 5. The van der Waals surface area contributed by atoms with Gasteiger partial charge in [-0.3, -0.25) is 9.59 Å². The number of rotatable bonds is 9. The maximum atomic E-state index is 12.5. The second-order valence-electron chi connectivity index (χ2n) is 7.80.